The Balaban J connectivity index is 1.79. The summed E-state index contributed by atoms with van der Waals surface area (Å²) in [7, 11) is 1.41. The fourth-order valence-corrected chi connectivity index (χ4v) is 3.15. The van der Waals surface area contributed by atoms with E-state index in [9.17, 15) is 14.0 Å². The summed E-state index contributed by atoms with van der Waals surface area (Å²) in [5.41, 5.74) is 0.600. The second-order valence-corrected chi connectivity index (χ2v) is 6.83. The third-order valence-electron chi connectivity index (χ3n) is 4.85. The molecule has 1 heterocycles. The van der Waals surface area contributed by atoms with Gasteiger partial charge in [-0.25, -0.2) is 4.39 Å². The van der Waals surface area contributed by atoms with Crippen molar-refractivity contribution in [2.45, 2.75) is 39.0 Å². The first-order valence-electron chi connectivity index (χ1n) is 9.63. The van der Waals surface area contributed by atoms with Crippen molar-refractivity contribution in [3.8, 4) is 5.75 Å². The van der Waals surface area contributed by atoms with Crippen molar-refractivity contribution in [3.05, 3.63) is 35.7 Å². The quantitative estimate of drug-likeness (QED) is 0.559. The smallest absolute Gasteiger partial charge is 0.246 e. The van der Waals surface area contributed by atoms with Gasteiger partial charge in [-0.1, -0.05) is 25.8 Å². The zero-order chi connectivity index (χ0) is 19.6. The van der Waals surface area contributed by atoms with Crippen molar-refractivity contribution in [2.75, 3.05) is 26.7 Å². The number of carbonyl (C=O) groups is 2. The zero-order valence-corrected chi connectivity index (χ0v) is 16.2. The molecular weight excluding hydrogens is 347 g/mol. The standard InChI is InChI=1S/C21H29FN2O3/c1-3-4-5-12-23-21(26)17-10-13-24(14-11-17)20(25)9-7-16-6-8-19(27-2)18(22)15-16/h6-9,15,17H,3-5,10-14H2,1-2H3,(H,23,26)/b9-7+. The zero-order valence-electron chi connectivity index (χ0n) is 16.2. The molecule has 1 aliphatic heterocycles. The Labute approximate surface area is 160 Å². The molecule has 0 radical (unpaired) electrons. The average molecular weight is 376 g/mol. The average Bonchev–Trinajstić information content (AvgIpc) is 2.69. The van der Waals surface area contributed by atoms with E-state index in [0.29, 0.717) is 31.5 Å². The minimum Gasteiger partial charge on any atom is -0.494 e. The second kappa shape index (κ2) is 10.7. The molecule has 0 atom stereocenters. The number of ether oxygens (including phenoxy) is 1. The number of nitrogens with zero attached hydrogens (tertiary/aromatic N) is 1. The summed E-state index contributed by atoms with van der Waals surface area (Å²) < 4.78 is 18.6. The van der Waals surface area contributed by atoms with Crippen LogP contribution >= 0.6 is 0 Å². The molecule has 27 heavy (non-hydrogen) atoms. The Hall–Kier alpha value is -2.37. The monoisotopic (exact) mass is 376 g/mol. The molecule has 2 rings (SSSR count). The van der Waals surface area contributed by atoms with Gasteiger partial charge in [0.2, 0.25) is 11.8 Å². The van der Waals surface area contributed by atoms with Crippen LogP contribution in [0.25, 0.3) is 6.08 Å². The predicted octanol–water partition coefficient (Wildman–Crippen LogP) is 3.39. The molecule has 0 saturated carbocycles. The summed E-state index contributed by atoms with van der Waals surface area (Å²) in [5.74, 6) is -0.322. The number of likely N-dealkylation sites (tertiary alicyclic amines) is 1. The Morgan fingerprint density at radius 3 is 2.67 bits per heavy atom. The SMILES string of the molecule is CCCCCNC(=O)C1CCN(C(=O)/C=C/c2ccc(OC)c(F)c2)CC1. The number of rotatable bonds is 8. The van der Waals surface area contributed by atoms with Crippen LogP contribution in [0.4, 0.5) is 4.39 Å². The Bertz CT molecular complexity index is 667. The van der Waals surface area contributed by atoms with Crippen LogP contribution in [0.5, 0.6) is 5.75 Å². The molecule has 0 aliphatic carbocycles. The van der Waals surface area contributed by atoms with E-state index >= 15 is 0 Å². The van der Waals surface area contributed by atoms with Gasteiger partial charge in [-0.05, 0) is 43.0 Å². The van der Waals surface area contributed by atoms with E-state index in [1.165, 1.54) is 25.3 Å². The summed E-state index contributed by atoms with van der Waals surface area (Å²) in [6.07, 6.45) is 7.66. The molecule has 6 heteroatoms. The molecule has 1 fully saturated rings. The van der Waals surface area contributed by atoms with Gasteiger partial charge in [0.15, 0.2) is 11.6 Å². The number of carbonyl (C=O) groups excluding carboxylic acids is 2. The minimum atomic E-state index is -0.460. The van der Waals surface area contributed by atoms with Gasteiger partial charge in [-0.2, -0.15) is 0 Å². The Morgan fingerprint density at radius 2 is 2.04 bits per heavy atom. The van der Waals surface area contributed by atoms with Gasteiger partial charge in [0, 0.05) is 31.6 Å². The van der Waals surface area contributed by atoms with E-state index in [4.69, 9.17) is 4.74 Å². The molecular formula is C21H29FN2O3. The first-order valence-corrected chi connectivity index (χ1v) is 9.63. The lowest BCUT2D eigenvalue weighted by Crippen LogP contribution is -2.42. The fourth-order valence-electron chi connectivity index (χ4n) is 3.15. The van der Waals surface area contributed by atoms with Gasteiger partial charge in [0.25, 0.3) is 0 Å². The lowest BCUT2D eigenvalue weighted by molar-refractivity contribution is -0.132. The van der Waals surface area contributed by atoms with Crippen LogP contribution in [0.2, 0.25) is 0 Å². The highest BCUT2D eigenvalue weighted by molar-refractivity contribution is 5.92. The van der Waals surface area contributed by atoms with Crippen molar-refractivity contribution in [2.24, 2.45) is 5.92 Å². The van der Waals surface area contributed by atoms with E-state index < -0.39 is 5.82 Å². The minimum absolute atomic E-state index is 0.0182. The topological polar surface area (TPSA) is 58.6 Å². The molecule has 0 unspecified atom stereocenters. The van der Waals surface area contributed by atoms with Crippen molar-refractivity contribution in [3.63, 3.8) is 0 Å². The van der Waals surface area contributed by atoms with Gasteiger partial charge in [0.05, 0.1) is 7.11 Å². The molecule has 0 spiro atoms. The molecule has 2 amide bonds. The number of hydrogen-bond donors (Lipinski definition) is 1. The summed E-state index contributed by atoms with van der Waals surface area (Å²) >= 11 is 0. The van der Waals surface area contributed by atoms with Crippen LogP contribution in [0.15, 0.2) is 24.3 Å². The molecule has 0 aromatic heterocycles. The maximum absolute atomic E-state index is 13.7. The highest BCUT2D eigenvalue weighted by atomic mass is 19.1. The molecule has 1 aromatic carbocycles. The van der Waals surface area contributed by atoms with Crippen LogP contribution in [0.3, 0.4) is 0 Å². The number of hydrogen-bond acceptors (Lipinski definition) is 3. The van der Waals surface area contributed by atoms with E-state index in [0.717, 1.165) is 25.8 Å². The third-order valence-corrected chi connectivity index (χ3v) is 4.85. The van der Waals surface area contributed by atoms with Crippen LogP contribution in [0.1, 0.15) is 44.6 Å². The number of halogens is 1. The number of nitrogens with one attached hydrogen (secondary N) is 1. The van der Waals surface area contributed by atoms with Crippen molar-refractivity contribution < 1.29 is 18.7 Å². The van der Waals surface area contributed by atoms with Crippen LogP contribution in [0, 0.1) is 11.7 Å². The first-order chi connectivity index (χ1) is 13.0. The van der Waals surface area contributed by atoms with E-state index in [-0.39, 0.29) is 23.5 Å². The predicted molar refractivity (Wildman–Crippen MR) is 104 cm³/mol. The maximum atomic E-state index is 13.7. The normalized spacial score (nSPS) is 15.1. The molecule has 1 saturated heterocycles. The number of methoxy groups -OCH3 is 1. The van der Waals surface area contributed by atoms with Gasteiger partial charge < -0.3 is 15.0 Å². The van der Waals surface area contributed by atoms with Crippen molar-refractivity contribution in [1.82, 2.24) is 10.2 Å². The van der Waals surface area contributed by atoms with Gasteiger partial charge >= 0.3 is 0 Å². The second-order valence-electron chi connectivity index (χ2n) is 6.83. The summed E-state index contributed by atoms with van der Waals surface area (Å²) in [5, 5.41) is 2.99. The van der Waals surface area contributed by atoms with Crippen molar-refractivity contribution >= 4 is 17.9 Å². The number of piperidine rings is 1. The van der Waals surface area contributed by atoms with Crippen molar-refractivity contribution in [1.29, 1.82) is 0 Å². The van der Waals surface area contributed by atoms with Crippen LogP contribution in [-0.4, -0.2) is 43.5 Å². The maximum Gasteiger partial charge on any atom is 0.246 e. The van der Waals surface area contributed by atoms with Gasteiger partial charge in [0.1, 0.15) is 0 Å². The summed E-state index contributed by atoms with van der Waals surface area (Å²) in [6.45, 7) is 3.99. The van der Waals surface area contributed by atoms with E-state index in [2.05, 4.69) is 12.2 Å². The highest BCUT2D eigenvalue weighted by Crippen LogP contribution is 2.20. The molecule has 5 nitrogen and oxygen atoms in total. The fraction of sp³-hybridized carbons (Fsp3) is 0.524. The number of benzene rings is 1. The van der Waals surface area contributed by atoms with Crippen LogP contribution in [-0.2, 0) is 9.59 Å². The van der Waals surface area contributed by atoms with Crippen LogP contribution < -0.4 is 10.1 Å². The molecule has 0 bridgehead atoms. The lowest BCUT2D eigenvalue weighted by Gasteiger charge is -2.30. The number of unbranched alkanes of at least 4 members (excludes halogenated alkanes) is 2. The number of amides is 2. The first kappa shape index (κ1) is 20.9. The molecule has 1 N–H and O–H groups in total. The van der Waals surface area contributed by atoms with Gasteiger partial charge in [-0.15, -0.1) is 0 Å². The Morgan fingerprint density at radius 1 is 1.30 bits per heavy atom. The van der Waals surface area contributed by atoms with E-state index in [1.54, 1.807) is 17.0 Å². The highest BCUT2D eigenvalue weighted by Gasteiger charge is 2.26. The molecule has 1 aliphatic rings. The molecule has 148 valence electrons. The summed E-state index contributed by atoms with van der Waals surface area (Å²) in [6, 6.07) is 4.56. The largest absolute Gasteiger partial charge is 0.494 e. The summed E-state index contributed by atoms with van der Waals surface area (Å²) in [4.78, 5) is 26.2. The third kappa shape index (κ3) is 6.38. The van der Waals surface area contributed by atoms with Gasteiger partial charge in [-0.3, -0.25) is 9.59 Å². The lowest BCUT2D eigenvalue weighted by atomic mass is 9.95. The molecule has 1 aromatic rings. The van der Waals surface area contributed by atoms with E-state index in [1.807, 2.05) is 0 Å². The Kier molecular flexibility index (Phi) is 8.30.